The fourth-order valence-electron chi connectivity index (χ4n) is 3.68. The highest BCUT2D eigenvalue weighted by atomic mass is 19.1. The van der Waals surface area contributed by atoms with Crippen LogP contribution in [0.15, 0.2) is 48.5 Å². The minimum Gasteiger partial charge on any atom is -0.351 e. The molecule has 0 saturated carbocycles. The van der Waals surface area contributed by atoms with E-state index in [1.165, 1.54) is 28.2 Å². The largest absolute Gasteiger partial charge is 0.351 e. The lowest BCUT2D eigenvalue weighted by atomic mass is 10.1. The first-order chi connectivity index (χ1) is 13.1. The van der Waals surface area contributed by atoms with Crippen LogP contribution in [0.25, 0.3) is 0 Å². The quantitative estimate of drug-likeness (QED) is 0.619. The Labute approximate surface area is 161 Å². The van der Waals surface area contributed by atoms with Crippen LogP contribution in [0.1, 0.15) is 16.7 Å². The number of benzene rings is 2. The molecule has 0 aromatic heterocycles. The molecule has 1 amide bonds. The van der Waals surface area contributed by atoms with Crippen LogP contribution in [0.3, 0.4) is 0 Å². The van der Waals surface area contributed by atoms with Crippen molar-refractivity contribution in [2.24, 2.45) is 0 Å². The first-order valence-electron chi connectivity index (χ1n) is 9.83. The van der Waals surface area contributed by atoms with Crippen LogP contribution in [-0.4, -0.2) is 45.2 Å². The van der Waals surface area contributed by atoms with Crippen LogP contribution < -0.4 is 15.1 Å². The molecule has 144 valence electrons. The lowest BCUT2D eigenvalue weighted by Gasteiger charge is -2.29. The average molecular weight is 372 g/mol. The minimum absolute atomic E-state index is 0.106. The van der Waals surface area contributed by atoms with E-state index in [4.69, 9.17) is 0 Å². The van der Waals surface area contributed by atoms with Crippen LogP contribution in [0.2, 0.25) is 0 Å². The van der Waals surface area contributed by atoms with Crippen LogP contribution >= 0.6 is 0 Å². The zero-order valence-electron chi connectivity index (χ0n) is 16.1. The minimum atomic E-state index is -0.227. The predicted octanol–water partition coefficient (Wildman–Crippen LogP) is -0.224. The summed E-state index contributed by atoms with van der Waals surface area (Å²) < 4.78 is 12.9. The van der Waals surface area contributed by atoms with Gasteiger partial charge in [0, 0.05) is 12.1 Å². The molecule has 5 heteroatoms. The van der Waals surface area contributed by atoms with Crippen molar-refractivity contribution in [1.82, 2.24) is 5.32 Å². The summed E-state index contributed by atoms with van der Waals surface area (Å²) in [4.78, 5) is 15.1. The molecule has 4 nitrogen and oxygen atoms in total. The second-order valence-electron chi connectivity index (χ2n) is 7.51. The number of carbonyl (C=O) groups is 1. The van der Waals surface area contributed by atoms with Gasteiger partial charge in [0.25, 0.3) is 5.91 Å². The molecule has 27 heavy (non-hydrogen) atoms. The maximum Gasteiger partial charge on any atom is 0.275 e. The van der Waals surface area contributed by atoms with Crippen LogP contribution in [0.5, 0.6) is 0 Å². The molecule has 0 radical (unpaired) electrons. The normalized spacial score (nSPS) is 19.6. The van der Waals surface area contributed by atoms with Gasteiger partial charge in [0.05, 0.1) is 0 Å². The fourth-order valence-corrected chi connectivity index (χ4v) is 3.68. The number of rotatable bonds is 7. The summed E-state index contributed by atoms with van der Waals surface area (Å²) in [6.45, 7) is 8.66. The Kier molecular flexibility index (Phi) is 6.96. The molecule has 1 heterocycles. The van der Waals surface area contributed by atoms with Crippen molar-refractivity contribution >= 4 is 5.91 Å². The van der Waals surface area contributed by atoms with Gasteiger partial charge >= 0.3 is 0 Å². The summed E-state index contributed by atoms with van der Waals surface area (Å²) in [6.07, 6.45) is 0.732. The van der Waals surface area contributed by atoms with Gasteiger partial charge in [0.15, 0.2) is 6.54 Å². The Morgan fingerprint density at radius 3 is 2.37 bits per heavy atom. The maximum atomic E-state index is 12.9. The lowest BCUT2D eigenvalue weighted by Crippen LogP contribution is -3.28. The molecular weight excluding hydrogens is 341 g/mol. The number of quaternary nitrogens is 2. The second kappa shape index (κ2) is 9.62. The van der Waals surface area contributed by atoms with E-state index in [1.807, 2.05) is 0 Å². The van der Waals surface area contributed by atoms with Gasteiger partial charge in [-0.1, -0.05) is 36.4 Å². The van der Waals surface area contributed by atoms with E-state index in [-0.39, 0.29) is 11.7 Å². The molecule has 1 aliphatic heterocycles. The summed E-state index contributed by atoms with van der Waals surface area (Å²) in [5.74, 6) is -0.121. The molecule has 3 N–H and O–H groups in total. The summed E-state index contributed by atoms with van der Waals surface area (Å²) >= 11 is 0. The van der Waals surface area contributed by atoms with Gasteiger partial charge in [-0.25, -0.2) is 4.39 Å². The van der Waals surface area contributed by atoms with Gasteiger partial charge in [-0.2, -0.15) is 0 Å². The number of hydrogen-bond acceptors (Lipinski definition) is 1. The highest BCUT2D eigenvalue weighted by molar-refractivity contribution is 5.76. The van der Waals surface area contributed by atoms with Gasteiger partial charge in [0.1, 0.15) is 38.5 Å². The SMILES string of the molecule is Cc1ccccc1C[NH+]1CC[NH+](CC(=O)NCCc2ccc(F)cc2)CC1. The monoisotopic (exact) mass is 371 g/mol. The Balaban J connectivity index is 1.34. The number of nitrogens with one attached hydrogen (secondary N) is 3. The molecule has 0 atom stereocenters. The number of halogens is 1. The topological polar surface area (TPSA) is 38.0 Å². The lowest BCUT2D eigenvalue weighted by molar-refractivity contribution is -1.02. The number of carbonyl (C=O) groups excluding carboxylic acids is 1. The summed E-state index contributed by atoms with van der Waals surface area (Å²) in [5, 5.41) is 2.99. The Morgan fingerprint density at radius 2 is 1.67 bits per heavy atom. The van der Waals surface area contributed by atoms with Crippen LogP contribution in [0.4, 0.5) is 4.39 Å². The molecule has 0 bridgehead atoms. The Bertz CT molecular complexity index is 739. The summed E-state index contributed by atoms with van der Waals surface area (Å²) in [6, 6.07) is 15.0. The smallest absolute Gasteiger partial charge is 0.275 e. The third-order valence-corrected chi connectivity index (χ3v) is 5.43. The van der Waals surface area contributed by atoms with Gasteiger partial charge in [-0.15, -0.1) is 0 Å². The van der Waals surface area contributed by atoms with E-state index < -0.39 is 0 Å². The molecule has 0 unspecified atom stereocenters. The van der Waals surface area contributed by atoms with E-state index >= 15 is 0 Å². The standard InChI is InChI=1S/C22H28FN3O/c1-18-4-2-3-5-20(18)16-25-12-14-26(15-13-25)17-22(27)24-11-10-19-6-8-21(23)9-7-19/h2-9H,10-17H2,1H3,(H,24,27)/p+2. The Hall–Kier alpha value is -2.24. The van der Waals surface area contributed by atoms with E-state index in [0.717, 1.165) is 44.7 Å². The van der Waals surface area contributed by atoms with Gasteiger partial charge in [0.2, 0.25) is 0 Å². The van der Waals surface area contributed by atoms with E-state index in [0.29, 0.717) is 13.1 Å². The fraction of sp³-hybridized carbons (Fsp3) is 0.409. The van der Waals surface area contributed by atoms with E-state index in [9.17, 15) is 9.18 Å². The molecule has 0 spiro atoms. The van der Waals surface area contributed by atoms with E-state index in [1.54, 1.807) is 17.0 Å². The molecule has 3 rings (SSSR count). The van der Waals surface area contributed by atoms with Gasteiger partial charge in [-0.05, 0) is 36.6 Å². The highest BCUT2D eigenvalue weighted by Gasteiger charge is 2.24. The number of hydrogen-bond donors (Lipinski definition) is 3. The zero-order valence-corrected chi connectivity index (χ0v) is 16.1. The van der Waals surface area contributed by atoms with Crippen molar-refractivity contribution in [3.05, 3.63) is 71.0 Å². The van der Waals surface area contributed by atoms with Crippen molar-refractivity contribution in [3.8, 4) is 0 Å². The Morgan fingerprint density at radius 1 is 1.00 bits per heavy atom. The van der Waals surface area contributed by atoms with Crippen LogP contribution in [0, 0.1) is 12.7 Å². The average Bonchev–Trinajstić information content (AvgIpc) is 2.67. The van der Waals surface area contributed by atoms with Crippen molar-refractivity contribution < 1.29 is 19.0 Å². The van der Waals surface area contributed by atoms with Crippen LogP contribution in [-0.2, 0) is 17.8 Å². The number of amides is 1. The van der Waals surface area contributed by atoms with Crippen molar-refractivity contribution in [1.29, 1.82) is 0 Å². The molecule has 0 aliphatic carbocycles. The predicted molar refractivity (Wildman–Crippen MR) is 104 cm³/mol. The summed E-state index contributed by atoms with van der Waals surface area (Å²) in [7, 11) is 0. The molecule has 1 fully saturated rings. The maximum absolute atomic E-state index is 12.9. The van der Waals surface area contributed by atoms with Crippen molar-refractivity contribution in [3.63, 3.8) is 0 Å². The number of aryl methyl sites for hydroxylation is 1. The van der Waals surface area contributed by atoms with Crippen molar-refractivity contribution in [2.75, 3.05) is 39.3 Å². The molecular formula is C22H30FN3O+2. The van der Waals surface area contributed by atoms with E-state index in [2.05, 4.69) is 36.5 Å². The molecule has 1 saturated heterocycles. The zero-order chi connectivity index (χ0) is 19.1. The molecule has 2 aromatic rings. The van der Waals surface area contributed by atoms with Gasteiger partial charge in [-0.3, -0.25) is 4.79 Å². The first-order valence-corrected chi connectivity index (χ1v) is 9.83. The molecule has 2 aromatic carbocycles. The number of piperazine rings is 1. The third-order valence-electron chi connectivity index (χ3n) is 5.43. The van der Waals surface area contributed by atoms with Crippen molar-refractivity contribution in [2.45, 2.75) is 19.9 Å². The summed E-state index contributed by atoms with van der Waals surface area (Å²) in [5.41, 5.74) is 3.83. The molecule has 1 aliphatic rings. The first kappa shape index (κ1) is 19.5. The highest BCUT2D eigenvalue weighted by Crippen LogP contribution is 2.04. The second-order valence-corrected chi connectivity index (χ2v) is 7.51. The van der Waals surface area contributed by atoms with Gasteiger partial charge < -0.3 is 15.1 Å². The third kappa shape index (κ3) is 6.15.